The van der Waals surface area contributed by atoms with Crippen molar-refractivity contribution in [3.63, 3.8) is 0 Å². The number of nitrogens with one attached hydrogen (secondary N) is 2. The number of carbonyl (C=O) groups excluding carboxylic acids is 2. The molecule has 6 nitrogen and oxygen atoms in total. The van der Waals surface area contributed by atoms with Gasteiger partial charge in [0.25, 0.3) is 0 Å². The number of hydrogen-bond donors (Lipinski definition) is 2. The lowest BCUT2D eigenvalue weighted by Gasteiger charge is -2.05. The van der Waals surface area contributed by atoms with Gasteiger partial charge in [0, 0.05) is 24.2 Å². The highest BCUT2D eigenvalue weighted by Gasteiger charge is 2.10. The minimum absolute atomic E-state index is 0.00670. The number of benzene rings is 1. The normalized spacial score (nSPS) is 10.3. The third-order valence-corrected chi connectivity index (χ3v) is 5.11. The molecule has 0 fully saturated rings. The van der Waals surface area contributed by atoms with Gasteiger partial charge >= 0.3 is 0 Å². The minimum Gasteiger partial charge on any atom is -0.357 e. The lowest BCUT2D eigenvalue weighted by molar-refractivity contribution is -0.116. The Kier molecular flexibility index (Phi) is 7.62. The topological polar surface area (TPSA) is 84.0 Å². The molecule has 0 spiro atoms. The highest BCUT2D eigenvalue weighted by atomic mass is 32.2. The first-order valence-electron chi connectivity index (χ1n) is 7.86. The van der Waals surface area contributed by atoms with Crippen molar-refractivity contribution in [2.24, 2.45) is 0 Å². The summed E-state index contributed by atoms with van der Waals surface area (Å²) >= 11 is 2.76. The second kappa shape index (κ2) is 9.95. The SMILES string of the molecule is C=CCNc1nnc(SCC(=O)c2ccc(NC(=O)CCC)cc2)s1. The van der Waals surface area contributed by atoms with Crippen LogP contribution < -0.4 is 10.6 Å². The van der Waals surface area contributed by atoms with Crippen LogP contribution in [0.2, 0.25) is 0 Å². The smallest absolute Gasteiger partial charge is 0.224 e. The van der Waals surface area contributed by atoms with Crippen LogP contribution in [0.4, 0.5) is 10.8 Å². The van der Waals surface area contributed by atoms with Crippen molar-refractivity contribution in [3.05, 3.63) is 42.5 Å². The van der Waals surface area contributed by atoms with Crippen molar-refractivity contribution in [2.45, 2.75) is 24.1 Å². The molecule has 0 bridgehead atoms. The van der Waals surface area contributed by atoms with Crippen LogP contribution in [0.5, 0.6) is 0 Å². The molecule has 0 aliphatic rings. The van der Waals surface area contributed by atoms with Gasteiger partial charge in [-0.25, -0.2) is 0 Å². The number of amides is 1. The molecule has 0 saturated carbocycles. The van der Waals surface area contributed by atoms with Crippen molar-refractivity contribution in [1.82, 2.24) is 10.2 Å². The largest absolute Gasteiger partial charge is 0.357 e. The molecular formula is C17H20N4O2S2. The number of anilines is 2. The van der Waals surface area contributed by atoms with Crippen molar-refractivity contribution >= 4 is 45.6 Å². The second-order valence-electron chi connectivity index (χ2n) is 5.13. The number of Topliss-reactive ketones (excluding diaryl/α,β-unsaturated/α-hetero) is 1. The minimum atomic E-state index is -0.0192. The lowest BCUT2D eigenvalue weighted by Crippen LogP contribution is -2.10. The quantitative estimate of drug-likeness (QED) is 0.372. The van der Waals surface area contributed by atoms with E-state index in [4.69, 9.17) is 0 Å². The van der Waals surface area contributed by atoms with Crippen LogP contribution >= 0.6 is 23.1 Å². The predicted molar refractivity (Wildman–Crippen MR) is 104 cm³/mol. The van der Waals surface area contributed by atoms with Gasteiger partial charge in [0.2, 0.25) is 11.0 Å². The van der Waals surface area contributed by atoms with E-state index in [-0.39, 0.29) is 17.4 Å². The van der Waals surface area contributed by atoms with Gasteiger partial charge in [0.05, 0.1) is 5.75 Å². The van der Waals surface area contributed by atoms with Crippen LogP contribution in [0.1, 0.15) is 30.1 Å². The van der Waals surface area contributed by atoms with E-state index < -0.39 is 0 Å². The molecule has 2 aromatic rings. The molecule has 1 aromatic carbocycles. The summed E-state index contributed by atoms with van der Waals surface area (Å²) in [6, 6.07) is 6.94. The number of hydrogen-bond acceptors (Lipinski definition) is 7. The van der Waals surface area contributed by atoms with Crippen LogP contribution in [0, 0.1) is 0 Å². The van der Waals surface area contributed by atoms with Gasteiger partial charge in [-0.2, -0.15) is 0 Å². The number of aromatic nitrogens is 2. The summed E-state index contributed by atoms with van der Waals surface area (Å²) in [6.07, 6.45) is 3.03. The van der Waals surface area contributed by atoms with Gasteiger partial charge in [0.15, 0.2) is 10.1 Å². The van der Waals surface area contributed by atoms with E-state index in [1.54, 1.807) is 30.3 Å². The summed E-state index contributed by atoms with van der Waals surface area (Å²) in [6.45, 7) is 6.21. The van der Waals surface area contributed by atoms with Crippen LogP contribution in [0.3, 0.4) is 0 Å². The standard InChI is InChI=1S/C17H20N4O2S2/c1-3-5-15(23)19-13-8-6-12(7-9-13)14(22)11-24-17-21-20-16(25-17)18-10-4-2/h4,6-9H,2-3,5,10-11H2,1H3,(H,18,20)(H,19,23). The van der Waals surface area contributed by atoms with E-state index in [0.717, 1.165) is 10.8 Å². The van der Waals surface area contributed by atoms with Crippen LogP contribution in [0.15, 0.2) is 41.3 Å². The summed E-state index contributed by atoms with van der Waals surface area (Å²) in [5.74, 6) is 0.277. The third-order valence-electron chi connectivity index (χ3n) is 3.10. The van der Waals surface area contributed by atoms with Crippen molar-refractivity contribution in [3.8, 4) is 0 Å². The molecule has 0 aliphatic heterocycles. The van der Waals surface area contributed by atoms with Gasteiger partial charge < -0.3 is 10.6 Å². The van der Waals surface area contributed by atoms with Gasteiger partial charge in [0.1, 0.15) is 0 Å². The summed E-state index contributed by atoms with van der Waals surface area (Å²) in [7, 11) is 0. The zero-order valence-corrected chi connectivity index (χ0v) is 15.6. The molecule has 0 radical (unpaired) electrons. The number of carbonyl (C=O) groups is 2. The van der Waals surface area contributed by atoms with E-state index in [0.29, 0.717) is 29.3 Å². The fourth-order valence-electron chi connectivity index (χ4n) is 1.90. The molecule has 8 heteroatoms. The molecule has 25 heavy (non-hydrogen) atoms. The molecule has 0 aliphatic carbocycles. The average Bonchev–Trinajstić information content (AvgIpc) is 3.06. The Morgan fingerprint density at radius 1 is 1.28 bits per heavy atom. The molecule has 1 heterocycles. The molecule has 0 saturated heterocycles. The molecule has 1 aromatic heterocycles. The Morgan fingerprint density at radius 3 is 2.72 bits per heavy atom. The van der Waals surface area contributed by atoms with E-state index in [1.165, 1.54) is 23.1 Å². The first-order valence-corrected chi connectivity index (χ1v) is 9.66. The van der Waals surface area contributed by atoms with Gasteiger partial charge in [-0.3, -0.25) is 9.59 Å². The highest BCUT2D eigenvalue weighted by molar-refractivity contribution is 8.01. The summed E-state index contributed by atoms with van der Waals surface area (Å²) in [5, 5.41) is 14.6. The van der Waals surface area contributed by atoms with E-state index in [2.05, 4.69) is 27.4 Å². The van der Waals surface area contributed by atoms with Gasteiger partial charge in [-0.05, 0) is 30.7 Å². The highest BCUT2D eigenvalue weighted by Crippen LogP contribution is 2.26. The maximum absolute atomic E-state index is 12.3. The zero-order chi connectivity index (χ0) is 18.1. The monoisotopic (exact) mass is 376 g/mol. The Bertz CT molecular complexity index is 729. The molecule has 2 rings (SSSR count). The van der Waals surface area contributed by atoms with Crippen molar-refractivity contribution < 1.29 is 9.59 Å². The summed E-state index contributed by atoms with van der Waals surface area (Å²) in [5.41, 5.74) is 1.31. The lowest BCUT2D eigenvalue weighted by atomic mass is 10.1. The Labute approximate surface area is 155 Å². The molecule has 0 atom stereocenters. The zero-order valence-electron chi connectivity index (χ0n) is 13.9. The molecule has 2 N–H and O–H groups in total. The fourth-order valence-corrected chi connectivity index (χ4v) is 3.55. The maximum atomic E-state index is 12.3. The fraction of sp³-hybridized carbons (Fsp3) is 0.294. The van der Waals surface area contributed by atoms with Crippen LogP contribution in [0.25, 0.3) is 0 Å². The second-order valence-corrected chi connectivity index (χ2v) is 7.33. The van der Waals surface area contributed by atoms with E-state index in [9.17, 15) is 9.59 Å². The third kappa shape index (κ3) is 6.32. The molecular weight excluding hydrogens is 356 g/mol. The first kappa shape index (κ1) is 19.1. The van der Waals surface area contributed by atoms with Crippen LogP contribution in [-0.4, -0.2) is 34.2 Å². The number of thioether (sulfide) groups is 1. The predicted octanol–water partition coefficient (Wildman–Crippen LogP) is 3.85. The van der Waals surface area contributed by atoms with Crippen molar-refractivity contribution in [1.29, 1.82) is 0 Å². The number of ketones is 1. The Morgan fingerprint density at radius 2 is 2.04 bits per heavy atom. The molecule has 0 unspecified atom stereocenters. The average molecular weight is 377 g/mol. The summed E-state index contributed by atoms with van der Waals surface area (Å²) < 4.78 is 0.739. The Hall–Kier alpha value is -2.19. The maximum Gasteiger partial charge on any atom is 0.224 e. The number of nitrogens with zero attached hydrogens (tertiary/aromatic N) is 2. The molecule has 1 amide bonds. The van der Waals surface area contributed by atoms with Crippen molar-refractivity contribution in [2.75, 3.05) is 22.9 Å². The molecule has 132 valence electrons. The van der Waals surface area contributed by atoms with E-state index in [1.807, 2.05) is 6.92 Å². The van der Waals surface area contributed by atoms with Gasteiger partial charge in [-0.1, -0.05) is 36.1 Å². The Balaban J connectivity index is 1.85. The van der Waals surface area contributed by atoms with Gasteiger partial charge in [-0.15, -0.1) is 16.8 Å². The first-order chi connectivity index (χ1) is 12.1. The number of rotatable bonds is 10. The van der Waals surface area contributed by atoms with Crippen LogP contribution in [-0.2, 0) is 4.79 Å². The summed E-state index contributed by atoms with van der Waals surface area (Å²) in [4.78, 5) is 23.8. The van der Waals surface area contributed by atoms with E-state index >= 15 is 0 Å².